The zero-order valence-corrected chi connectivity index (χ0v) is 19.2. The Bertz CT molecular complexity index is 1150. The van der Waals surface area contributed by atoms with Crippen molar-refractivity contribution in [1.82, 2.24) is 9.71 Å². The predicted molar refractivity (Wildman–Crippen MR) is 113 cm³/mol. The van der Waals surface area contributed by atoms with Gasteiger partial charge < -0.3 is 9.64 Å². The number of aromatic nitrogens is 1. The first-order valence-electron chi connectivity index (χ1n) is 8.82. The van der Waals surface area contributed by atoms with Crippen LogP contribution in [0.25, 0.3) is 0 Å². The number of sulfonamides is 1. The van der Waals surface area contributed by atoms with Crippen LogP contribution >= 0.6 is 27.3 Å². The molecule has 9 nitrogen and oxygen atoms in total. The second-order valence-electron chi connectivity index (χ2n) is 6.45. The molecule has 158 valence electrons. The summed E-state index contributed by atoms with van der Waals surface area (Å²) in [5.41, 5.74) is 0.792. The molecule has 0 atom stereocenters. The van der Waals surface area contributed by atoms with Gasteiger partial charge >= 0.3 is 5.97 Å². The zero-order chi connectivity index (χ0) is 22.1. The van der Waals surface area contributed by atoms with Crippen molar-refractivity contribution in [2.45, 2.75) is 18.1 Å². The second-order valence-corrected chi connectivity index (χ2v) is 10.8. The number of nitrogens with one attached hydrogen (secondary N) is 1. The molecule has 0 unspecified atom stereocenters. The smallest absolute Gasteiger partial charge is 0.340 e. The molecule has 2 aromatic rings. The van der Waals surface area contributed by atoms with E-state index >= 15 is 0 Å². The molecule has 1 amide bonds. The third-order valence-corrected chi connectivity index (χ3v) is 7.87. The standard InChI is InChI=1S/C18H17BrN4O5S2/c1-3-28-18(25)13-6-11(7-20)16(21-10(13)2)23-8-12(9-23)17(24)22-30(26,27)15-5-4-14(19)29-15/h4-6,12H,3,8-9H2,1-2H3,(H,22,24). The SMILES string of the molecule is CCOC(=O)c1cc(C#N)c(N2CC(C(=O)NS(=O)(=O)c3ccc(Br)s3)C2)nc1C. The molecule has 0 saturated carbocycles. The number of thiophene rings is 1. The molecule has 3 heterocycles. The summed E-state index contributed by atoms with van der Waals surface area (Å²) >= 11 is 4.20. The van der Waals surface area contributed by atoms with Gasteiger partial charge in [-0.3, -0.25) is 4.79 Å². The van der Waals surface area contributed by atoms with Gasteiger partial charge in [0.2, 0.25) is 5.91 Å². The van der Waals surface area contributed by atoms with Crippen molar-refractivity contribution >= 4 is 55.0 Å². The van der Waals surface area contributed by atoms with E-state index in [1.165, 1.54) is 12.1 Å². The van der Waals surface area contributed by atoms with Gasteiger partial charge in [0.05, 0.1) is 33.1 Å². The highest BCUT2D eigenvalue weighted by Gasteiger charge is 2.37. The number of nitrogens with zero attached hydrogens (tertiary/aromatic N) is 3. The number of esters is 1. The number of carbonyl (C=O) groups is 2. The first-order valence-corrected chi connectivity index (χ1v) is 11.9. The first-order chi connectivity index (χ1) is 14.2. The monoisotopic (exact) mass is 512 g/mol. The fourth-order valence-electron chi connectivity index (χ4n) is 2.86. The molecular weight excluding hydrogens is 496 g/mol. The van der Waals surface area contributed by atoms with Crippen molar-refractivity contribution < 1.29 is 22.7 Å². The molecule has 0 aromatic carbocycles. The number of halogens is 1. The second kappa shape index (κ2) is 8.71. The Balaban J connectivity index is 1.70. The third kappa shape index (κ3) is 4.48. The highest BCUT2D eigenvalue weighted by atomic mass is 79.9. The number of pyridine rings is 1. The van der Waals surface area contributed by atoms with E-state index in [0.717, 1.165) is 11.3 Å². The maximum Gasteiger partial charge on any atom is 0.340 e. The van der Waals surface area contributed by atoms with Crippen LogP contribution in [0.5, 0.6) is 0 Å². The largest absolute Gasteiger partial charge is 0.462 e. The van der Waals surface area contributed by atoms with Crippen LogP contribution in [-0.4, -0.2) is 45.0 Å². The summed E-state index contributed by atoms with van der Waals surface area (Å²) in [7, 11) is -3.93. The number of hydrogen-bond acceptors (Lipinski definition) is 9. The van der Waals surface area contributed by atoms with Gasteiger partial charge in [-0.25, -0.2) is 22.9 Å². The van der Waals surface area contributed by atoms with Crippen LogP contribution in [0.1, 0.15) is 28.5 Å². The summed E-state index contributed by atoms with van der Waals surface area (Å²) in [5, 5.41) is 9.44. The highest BCUT2D eigenvalue weighted by Crippen LogP contribution is 2.29. The molecule has 1 aliphatic heterocycles. The summed E-state index contributed by atoms with van der Waals surface area (Å²) in [5.74, 6) is -1.40. The quantitative estimate of drug-likeness (QED) is 0.582. The van der Waals surface area contributed by atoms with Crippen LogP contribution in [0.2, 0.25) is 0 Å². The van der Waals surface area contributed by atoms with Crippen molar-refractivity contribution in [2.24, 2.45) is 5.92 Å². The van der Waals surface area contributed by atoms with Gasteiger partial charge in [0, 0.05) is 13.1 Å². The van der Waals surface area contributed by atoms with Crippen LogP contribution in [-0.2, 0) is 19.6 Å². The van der Waals surface area contributed by atoms with Crippen LogP contribution in [0.15, 0.2) is 26.2 Å². The molecule has 2 aromatic heterocycles. The van der Waals surface area contributed by atoms with Gasteiger partial charge in [-0.15, -0.1) is 11.3 Å². The van der Waals surface area contributed by atoms with Gasteiger partial charge in [-0.2, -0.15) is 5.26 Å². The summed E-state index contributed by atoms with van der Waals surface area (Å²) in [6.45, 7) is 3.93. The normalized spacial score (nSPS) is 14.0. The van der Waals surface area contributed by atoms with Crippen LogP contribution in [0, 0.1) is 24.2 Å². The third-order valence-electron chi connectivity index (χ3n) is 4.41. The van der Waals surface area contributed by atoms with E-state index in [1.54, 1.807) is 24.8 Å². The maximum absolute atomic E-state index is 12.4. The predicted octanol–water partition coefficient (Wildman–Crippen LogP) is 2.20. The minimum atomic E-state index is -3.93. The molecule has 0 aliphatic carbocycles. The lowest BCUT2D eigenvalue weighted by atomic mass is 9.98. The van der Waals surface area contributed by atoms with Crippen LogP contribution in [0.4, 0.5) is 5.82 Å². The highest BCUT2D eigenvalue weighted by molar-refractivity contribution is 9.11. The molecule has 0 radical (unpaired) electrons. The van der Waals surface area contributed by atoms with Crippen molar-refractivity contribution in [3.8, 4) is 6.07 Å². The molecule has 12 heteroatoms. The van der Waals surface area contributed by atoms with E-state index in [2.05, 4.69) is 25.6 Å². The average molecular weight is 513 g/mol. The molecule has 30 heavy (non-hydrogen) atoms. The number of ether oxygens (including phenoxy) is 1. The van der Waals surface area contributed by atoms with Crippen molar-refractivity contribution in [2.75, 3.05) is 24.6 Å². The van der Waals surface area contributed by atoms with Crippen molar-refractivity contribution in [3.05, 3.63) is 38.8 Å². The summed E-state index contributed by atoms with van der Waals surface area (Å²) < 4.78 is 32.3. The minimum absolute atomic E-state index is 0.0394. The molecule has 1 aliphatic rings. The average Bonchev–Trinajstić information content (AvgIpc) is 3.08. The fourth-order valence-corrected chi connectivity index (χ4v) is 5.91. The number of aryl methyl sites for hydroxylation is 1. The van der Waals surface area contributed by atoms with Gasteiger partial charge in [0.15, 0.2) is 0 Å². The first kappa shape index (κ1) is 22.2. The van der Waals surface area contributed by atoms with E-state index in [9.17, 15) is 23.3 Å². The van der Waals surface area contributed by atoms with E-state index in [-0.39, 0.29) is 35.0 Å². The number of anilines is 1. The van der Waals surface area contributed by atoms with Gasteiger partial charge in [0.1, 0.15) is 16.1 Å². The lowest BCUT2D eigenvalue weighted by Crippen LogP contribution is -2.55. The van der Waals surface area contributed by atoms with E-state index in [1.807, 2.05) is 6.07 Å². The molecule has 1 fully saturated rings. The number of amides is 1. The topological polar surface area (TPSA) is 129 Å². The van der Waals surface area contributed by atoms with Crippen LogP contribution < -0.4 is 9.62 Å². The zero-order valence-electron chi connectivity index (χ0n) is 16.0. The molecule has 0 spiro atoms. The Hall–Kier alpha value is -2.49. The lowest BCUT2D eigenvalue weighted by molar-refractivity contribution is -0.123. The van der Waals surface area contributed by atoms with Crippen molar-refractivity contribution in [3.63, 3.8) is 0 Å². The number of hydrogen-bond donors (Lipinski definition) is 1. The summed E-state index contributed by atoms with van der Waals surface area (Å²) in [6.07, 6.45) is 0. The Labute approximate surface area is 185 Å². The maximum atomic E-state index is 12.4. The van der Waals surface area contributed by atoms with Crippen LogP contribution in [0.3, 0.4) is 0 Å². The number of nitriles is 1. The van der Waals surface area contributed by atoms with E-state index < -0.39 is 27.8 Å². The molecule has 1 saturated heterocycles. The summed E-state index contributed by atoms with van der Waals surface area (Å²) in [6, 6.07) is 6.42. The minimum Gasteiger partial charge on any atom is -0.462 e. The number of rotatable bonds is 6. The Morgan fingerprint density at radius 3 is 2.70 bits per heavy atom. The molecule has 1 N–H and O–H groups in total. The van der Waals surface area contributed by atoms with Gasteiger partial charge in [-0.1, -0.05) is 0 Å². The fraction of sp³-hybridized carbons (Fsp3) is 0.333. The molecule has 0 bridgehead atoms. The summed E-state index contributed by atoms with van der Waals surface area (Å²) in [4.78, 5) is 30.4. The number of carbonyl (C=O) groups excluding carboxylic acids is 2. The Kier molecular flexibility index (Phi) is 6.44. The molecule has 3 rings (SSSR count). The molecular formula is C18H17BrN4O5S2. The van der Waals surface area contributed by atoms with Crippen molar-refractivity contribution in [1.29, 1.82) is 5.26 Å². The Morgan fingerprint density at radius 1 is 1.43 bits per heavy atom. The van der Waals surface area contributed by atoms with E-state index in [4.69, 9.17) is 4.74 Å². The lowest BCUT2D eigenvalue weighted by Gasteiger charge is -2.39. The Morgan fingerprint density at radius 2 is 2.13 bits per heavy atom. The van der Waals surface area contributed by atoms with Gasteiger partial charge in [0.25, 0.3) is 10.0 Å². The van der Waals surface area contributed by atoms with E-state index in [0.29, 0.717) is 15.3 Å². The van der Waals surface area contributed by atoms with Gasteiger partial charge in [-0.05, 0) is 48.0 Å².